The third-order valence-corrected chi connectivity index (χ3v) is 8.90. The number of carbonyl (C=O) groups is 2. The number of anilines is 1. The van der Waals surface area contributed by atoms with Crippen LogP contribution < -0.4 is 9.64 Å². The zero-order valence-corrected chi connectivity index (χ0v) is 28.7. The lowest BCUT2D eigenvalue weighted by molar-refractivity contribution is -0.0263. The Kier molecular flexibility index (Phi) is 8.47. The normalized spacial score (nSPS) is 17.3. The van der Waals surface area contributed by atoms with Crippen molar-refractivity contribution >= 4 is 29.2 Å². The van der Waals surface area contributed by atoms with E-state index in [9.17, 15) is 14.7 Å². The molecule has 12 nitrogen and oxygen atoms in total. The molecule has 6 rings (SSSR count). The number of fused-ring (bicyclic) bond motifs is 2. The molecule has 1 atom stereocenters. The topological polar surface area (TPSA) is 132 Å². The Morgan fingerprint density at radius 3 is 2.19 bits per heavy atom. The highest BCUT2D eigenvalue weighted by Gasteiger charge is 2.54. The van der Waals surface area contributed by atoms with Crippen molar-refractivity contribution in [3.63, 3.8) is 0 Å². The van der Waals surface area contributed by atoms with Crippen LogP contribution >= 0.6 is 0 Å². The van der Waals surface area contributed by atoms with Crippen LogP contribution in [0.1, 0.15) is 77.1 Å². The monoisotopic (exact) mass is 656 g/mol. The van der Waals surface area contributed by atoms with Gasteiger partial charge in [-0.15, -0.1) is 5.10 Å². The van der Waals surface area contributed by atoms with Gasteiger partial charge in [0.15, 0.2) is 11.2 Å². The summed E-state index contributed by atoms with van der Waals surface area (Å²) in [7, 11) is 1.62. The average molecular weight is 657 g/mol. The first kappa shape index (κ1) is 33.0. The number of imide groups is 1. The van der Waals surface area contributed by atoms with E-state index in [1.807, 2.05) is 42.5 Å². The van der Waals surface area contributed by atoms with Crippen LogP contribution in [0.4, 0.5) is 15.4 Å². The first-order valence-corrected chi connectivity index (χ1v) is 16.3. The molecular weight excluding hydrogens is 612 g/mol. The molecule has 0 radical (unpaired) electrons. The number of benzene rings is 2. The summed E-state index contributed by atoms with van der Waals surface area (Å²) in [6.07, 6.45) is 2.27. The molecule has 12 heteroatoms. The number of rotatable bonds is 5. The van der Waals surface area contributed by atoms with E-state index in [1.165, 1.54) is 4.90 Å². The van der Waals surface area contributed by atoms with Gasteiger partial charge in [-0.3, -0.25) is 0 Å². The molecule has 1 spiro atoms. The zero-order chi connectivity index (χ0) is 34.4. The Morgan fingerprint density at radius 1 is 0.958 bits per heavy atom. The average Bonchev–Trinajstić information content (AvgIpc) is 3.49. The second kappa shape index (κ2) is 12.3. The van der Waals surface area contributed by atoms with Crippen molar-refractivity contribution < 1.29 is 28.9 Å². The Balaban J connectivity index is 1.30. The molecule has 1 unspecified atom stereocenters. The van der Waals surface area contributed by atoms with Gasteiger partial charge >= 0.3 is 12.2 Å². The fourth-order valence-electron chi connectivity index (χ4n) is 6.80. The van der Waals surface area contributed by atoms with Crippen LogP contribution in [0, 0.1) is 5.41 Å². The van der Waals surface area contributed by atoms with Crippen LogP contribution in [0.2, 0.25) is 0 Å². The van der Waals surface area contributed by atoms with Gasteiger partial charge in [0.1, 0.15) is 22.8 Å². The van der Waals surface area contributed by atoms with Crippen molar-refractivity contribution in [2.24, 2.45) is 5.41 Å². The number of hydrogen-bond acceptors (Lipinski definition) is 10. The van der Waals surface area contributed by atoms with Gasteiger partial charge in [0.2, 0.25) is 0 Å². The summed E-state index contributed by atoms with van der Waals surface area (Å²) < 4.78 is 18.6. The van der Waals surface area contributed by atoms with E-state index in [1.54, 1.807) is 59.5 Å². The molecule has 1 saturated heterocycles. The Morgan fingerprint density at radius 2 is 1.58 bits per heavy atom. The maximum atomic E-state index is 13.9. The molecule has 2 aromatic carbocycles. The van der Waals surface area contributed by atoms with E-state index in [-0.39, 0.29) is 5.88 Å². The second-order valence-electron chi connectivity index (χ2n) is 14.7. The number of hydrogen-bond donors (Lipinski definition) is 1. The van der Waals surface area contributed by atoms with Crippen molar-refractivity contribution in [1.29, 1.82) is 0 Å². The number of carbonyl (C=O) groups excluding carboxylic acids is 2. The van der Waals surface area contributed by atoms with Gasteiger partial charge in [0.05, 0.1) is 25.9 Å². The van der Waals surface area contributed by atoms with Crippen molar-refractivity contribution in [1.82, 2.24) is 24.6 Å². The third kappa shape index (κ3) is 6.61. The van der Waals surface area contributed by atoms with Crippen LogP contribution in [0.25, 0.3) is 11.2 Å². The highest BCUT2D eigenvalue weighted by molar-refractivity contribution is 5.89. The van der Waals surface area contributed by atoms with Gasteiger partial charge in [0.25, 0.3) is 5.88 Å². The van der Waals surface area contributed by atoms with Crippen LogP contribution in [0.5, 0.6) is 11.6 Å². The smallest absolute Gasteiger partial charge is 0.420 e. The van der Waals surface area contributed by atoms with Gasteiger partial charge in [-0.05, 0) is 89.6 Å². The summed E-state index contributed by atoms with van der Waals surface area (Å²) >= 11 is 0. The van der Waals surface area contributed by atoms with Gasteiger partial charge in [0, 0.05) is 18.5 Å². The van der Waals surface area contributed by atoms with E-state index in [4.69, 9.17) is 19.2 Å². The number of nitrogens with zero attached hydrogens (tertiary/aromatic N) is 6. The summed E-state index contributed by atoms with van der Waals surface area (Å²) in [5, 5.41) is 14.9. The summed E-state index contributed by atoms with van der Waals surface area (Å²) in [6, 6.07) is 15.1. The van der Waals surface area contributed by atoms with Crippen LogP contribution in [-0.4, -0.2) is 73.3 Å². The number of aromatic hydroxyl groups is 1. The molecule has 1 aliphatic carbocycles. The Bertz CT molecular complexity index is 1790. The molecule has 2 amide bonds. The minimum absolute atomic E-state index is 0.175. The molecular formula is C36H44N6O6. The van der Waals surface area contributed by atoms with Crippen molar-refractivity contribution in [3.8, 4) is 11.6 Å². The first-order valence-electron chi connectivity index (χ1n) is 16.3. The van der Waals surface area contributed by atoms with E-state index < -0.39 is 34.8 Å². The second-order valence-corrected chi connectivity index (χ2v) is 14.7. The van der Waals surface area contributed by atoms with Gasteiger partial charge in [-0.25, -0.2) is 29.1 Å². The minimum Gasteiger partial charge on any atom is -0.497 e. The molecule has 4 aromatic rings. The summed E-state index contributed by atoms with van der Waals surface area (Å²) in [6.45, 7) is 12.3. The van der Waals surface area contributed by atoms with Crippen LogP contribution in [-0.2, 0) is 22.4 Å². The van der Waals surface area contributed by atoms with E-state index >= 15 is 0 Å². The summed E-state index contributed by atoms with van der Waals surface area (Å²) in [4.78, 5) is 40.5. The number of aromatic nitrogens is 4. The van der Waals surface area contributed by atoms with Gasteiger partial charge < -0.3 is 24.2 Å². The first-order chi connectivity index (χ1) is 22.7. The molecule has 254 valence electrons. The van der Waals surface area contributed by atoms with Crippen LogP contribution in [0.15, 0.2) is 54.7 Å². The van der Waals surface area contributed by atoms with E-state index in [0.29, 0.717) is 55.9 Å². The van der Waals surface area contributed by atoms with Crippen molar-refractivity contribution in [2.45, 2.75) is 84.6 Å². The summed E-state index contributed by atoms with van der Waals surface area (Å²) in [5.74, 6) is 1.24. The maximum absolute atomic E-state index is 13.9. The lowest BCUT2D eigenvalue weighted by Gasteiger charge is -2.46. The van der Waals surface area contributed by atoms with Crippen molar-refractivity contribution in [2.75, 3.05) is 25.1 Å². The highest BCUT2D eigenvalue weighted by Crippen LogP contribution is 2.55. The molecule has 1 N–H and O–H groups in total. The quantitative estimate of drug-likeness (QED) is 0.249. The standard InChI is InChI=1S/C36H44N6O6/c1-34(2,3)47-32(44)42(33(45)48-35(4,5)6)29-26-11-9-8-10-24(26)20-36(29)16-18-40(19-17-36)27-21-37-28-30(38-27)41(39-31(28)43)22-23-12-14-25(46-7)15-13-23/h8-15,21,29H,16-20,22H2,1-7H3,(H,39,43). The lowest BCUT2D eigenvalue weighted by Crippen LogP contribution is -2.52. The number of methoxy groups -OCH3 is 1. The fraction of sp³-hybridized carbons (Fsp3) is 0.472. The minimum atomic E-state index is -0.808. The van der Waals surface area contributed by atoms with Crippen LogP contribution in [0.3, 0.4) is 0 Å². The molecule has 0 saturated carbocycles. The molecule has 48 heavy (non-hydrogen) atoms. The molecule has 0 bridgehead atoms. The molecule has 3 heterocycles. The van der Waals surface area contributed by atoms with E-state index in [2.05, 4.69) is 21.0 Å². The highest BCUT2D eigenvalue weighted by atomic mass is 16.6. The fourth-order valence-corrected chi connectivity index (χ4v) is 6.80. The molecule has 1 aliphatic heterocycles. The SMILES string of the molecule is COc1ccc(Cn2nc(O)c3ncc(N4CCC5(CC4)Cc4ccccc4C5N(C(=O)OC(C)(C)C)C(=O)OC(C)(C)C)nc32)cc1. The van der Waals surface area contributed by atoms with Crippen molar-refractivity contribution in [3.05, 3.63) is 71.4 Å². The Hall–Kier alpha value is -4.87. The number of piperidine rings is 1. The lowest BCUT2D eigenvalue weighted by atomic mass is 9.72. The summed E-state index contributed by atoms with van der Waals surface area (Å²) in [5.41, 5.74) is 1.76. The zero-order valence-electron chi connectivity index (χ0n) is 28.7. The maximum Gasteiger partial charge on any atom is 0.420 e. The third-order valence-electron chi connectivity index (χ3n) is 8.90. The molecule has 1 fully saturated rings. The Labute approximate surface area is 280 Å². The van der Waals surface area contributed by atoms with Gasteiger partial charge in [-0.1, -0.05) is 36.4 Å². The number of amides is 2. The molecule has 2 aromatic heterocycles. The predicted octanol–water partition coefficient (Wildman–Crippen LogP) is 6.65. The van der Waals surface area contributed by atoms with Gasteiger partial charge in [-0.2, -0.15) is 0 Å². The predicted molar refractivity (Wildman–Crippen MR) is 180 cm³/mol. The number of ether oxygens (including phenoxy) is 3. The molecule has 2 aliphatic rings. The van der Waals surface area contributed by atoms with E-state index in [0.717, 1.165) is 22.4 Å². The largest absolute Gasteiger partial charge is 0.497 e.